The average Bonchev–Trinajstić information content (AvgIpc) is 3.10. The van der Waals surface area contributed by atoms with Gasteiger partial charge in [-0.3, -0.25) is 0 Å². The molecule has 0 bridgehead atoms. The highest BCUT2D eigenvalue weighted by Crippen LogP contribution is 2.53. The Morgan fingerprint density at radius 3 is 1.71 bits per heavy atom. The van der Waals surface area contributed by atoms with Gasteiger partial charge in [-0.1, -0.05) is 123 Å². The standard InChI is InChI=1S/C43H34N2/c1-43(2)38-24-14-15-25-41(38)45(34-20-10-5-11-21-34)42-28-26-31(30-39(42)43)35-27-29-40(37-23-13-12-22-36(35)37)44(32-16-6-3-7-17-32)33-18-8-4-9-19-33/h3-30H,1-2H3. The van der Waals surface area contributed by atoms with Crippen molar-refractivity contribution in [3.63, 3.8) is 0 Å². The van der Waals surface area contributed by atoms with Gasteiger partial charge < -0.3 is 9.80 Å². The Hall–Kier alpha value is -5.60. The van der Waals surface area contributed by atoms with Crippen molar-refractivity contribution in [1.29, 1.82) is 0 Å². The van der Waals surface area contributed by atoms with Crippen LogP contribution in [0.1, 0.15) is 25.0 Å². The van der Waals surface area contributed by atoms with Gasteiger partial charge in [-0.15, -0.1) is 0 Å². The molecule has 45 heavy (non-hydrogen) atoms. The highest BCUT2D eigenvalue weighted by molar-refractivity contribution is 6.06. The van der Waals surface area contributed by atoms with Gasteiger partial charge in [0.2, 0.25) is 0 Å². The van der Waals surface area contributed by atoms with Crippen LogP contribution in [0.2, 0.25) is 0 Å². The van der Waals surface area contributed by atoms with Crippen molar-refractivity contribution < 1.29 is 0 Å². The summed E-state index contributed by atoms with van der Waals surface area (Å²) in [6.07, 6.45) is 0. The lowest BCUT2D eigenvalue weighted by molar-refractivity contribution is 0.632. The number of hydrogen-bond acceptors (Lipinski definition) is 2. The molecule has 1 heterocycles. The SMILES string of the molecule is CC1(C)c2ccccc2N(c2ccccc2)c2ccc(-c3ccc(N(c4ccccc4)c4ccccc4)c4ccccc34)cc21. The van der Waals surface area contributed by atoms with Gasteiger partial charge in [-0.2, -0.15) is 0 Å². The molecule has 0 radical (unpaired) electrons. The van der Waals surface area contributed by atoms with Gasteiger partial charge in [-0.05, 0) is 88.3 Å². The fourth-order valence-electron chi connectivity index (χ4n) is 7.04. The molecule has 0 amide bonds. The third kappa shape index (κ3) is 4.49. The van der Waals surface area contributed by atoms with Crippen molar-refractivity contribution in [3.05, 3.63) is 181 Å². The van der Waals surface area contributed by atoms with Crippen LogP contribution in [0.4, 0.5) is 34.1 Å². The van der Waals surface area contributed by atoms with Crippen molar-refractivity contribution in [2.24, 2.45) is 0 Å². The molecule has 2 heteroatoms. The van der Waals surface area contributed by atoms with E-state index >= 15 is 0 Å². The second-order valence-corrected chi connectivity index (χ2v) is 12.2. The molecule has 0 aliphatic carbocycles. The number of para-hydroxylation sites is 4. The fraction of sp³-hybridized carbons (Fsp3) is 0.0698. The Balaban J connectivity index is 1.32. The van der Waals surface area contributed by atoms with E-state index in [0.717, 1.165) is 17.1 Å². The summed E-state index contributed by atoms with van der Waals surface area (Å²) in [4.78, 5) is 4.77. The van der Waals surface area contributed by atoms with Crippen LogP contribution in [0.5, 0.6) is 0 Å². The molecule has 0 N–H and O–H groups in total. The molecule has 1 aliphatic heterocycles. The van der Waals surface area contributed by atoms with Crippen LogP contribution in [-0.2, 0) is 5.41 Å². The van der Waals surface area contributed by atoms with Gasteiger partial charge in [0.25, 0.3) is 0 Å². The van der Waals surface area contributed by atoms with E-state index in [0.29, 0.717) is 0 Å². The first-order chi connectivity index (χ1) is 22.1. The first kappa shape index (κ1) is 27.0. The summed E-state index contributed by atoms with van der Waals surface area (Å²) >= 11 is 0. The predicted octanol–water partition coefficient (Wildman–Crippen LogP) is 12.1. The minimum atomic E-state index is -0.166. The van der Waals surface area contributed by atoms with Gasteiger partial charge >= 0.3 is 0 Å². The molecule has 216 valence electrons. The molecular weight excluding hydrogens is 544 g/mol. The van der Waals surface area contributed by atoms with Crippen LogP contribution in [0.3, 0.4) is 0 Å². The molecule has 0 aromatic heterocycles. The third-order valence-electron chi connectivity index (χ3n) is 9.23. The molecule has 0 saturated carbocycles. The Morgan fingerprint density at radius 2 is 1.02 bits per heavy atom. The van der Waals surface area contributed by atoms with Gasteiger partial charge in [0.15, 0.2) is 0 Å². The molecule has 7 aromatic carbocycles. The van der Waals surface area contributed by atoms with E-state index in [4.69, 9.17) is 0 Å². The maximum Gasteiger partial charge on any atom is 0.0540 e. The summed E-state index contributed by atoms with van der Waals surface area (Å²) in [5, 5.41) is 2.46. The van der Waals surface area contributed by atoms with Crippen LogP contribution >= 0.6 is 0 Å². The highest BCUT2D eigenvalue weighted by atomic mass is 15.2. The van der Waals surface area contributed by atoms with Gasteiger partial charge in [-0.25, -0.2) is 0 Å². The third-order valence-corrected chi connectivity index (χ3v) is 9.23. The minimum Gasteiger partial charge on any atom is -0.310 e. The first-order valence-corrected chi connectivity index (χ1v) is 15.6. The van der Waals surface area contributed by atoms with Crippen LogP contribution in [-0.4, -0.2) is 0 Å². The van der Waals surface area contributed by atoms with Gasteiger partial charge in [0, 0.05) is 27.9 Å². The molecule has 0 spiro atoms. The van der Waals surface area contributed by atoms with E-state index in [1.165, 1.54) is 50.1 Å². The molecule has 1 aliphatic rings. The lowest BCUT2D eigenvalue weighted by atomic mass is 9.72. The maximum absolute atomic E-state index is 2.43. The van der Waals surface area contributed by atoms with Gasteiger partial charge in [0.05, 0.1) is 17.1 Å². The largest absolute Gasteiger partial charge is 0.310 e. The van der Waals surface area contributed by atoms with Crippen LogP contribution in [0.15, 0.2) is 170 Å². The smallest absolute Gasteiger partial charge is 0.0540 e. The quantitative estimate of drug-likeness (QED) is 0.200. The number of fused-ring (bicyclic) bond motifs is 3. The van der Waals surface area contributed by atoms with E-state index in [-0.39, 0.29) is 5.41 Å². The zero-order chi connectivity index (χ0) is 30.4. The summed E-state index contributed by atoms with van der Waals surface area (Å²) in [5.41, 5.74) is 12.0. The van der Waals surface area contributed by atoms with Crippen molar-refractivity contribution in [1.82, 2.24) is 0 Å². The Kier molecular flexibility index (Phi) is 6.50. The maximum atomic E-state index is 2.43. The molecule has 0 unspecified atom stereocenters. The summed E-state index contributed by atoms with van der Waals surface area (Å²) in [7, 11) is 0. The normalized spacial score (nSPS) is 13.2. The first-order valence-electron chi connectivity index (χ1n) is 15.6. The van der Waals surface area contributed by atoms with Gasteiger partial charge in [0.1, 0.15) is 0 Å². The van der Waals surface area contributed by atoms with E-state index in [1.807, 2.05) is 0 Å². The van der Waals surface area contributed by atoms with Crippen molar-refractivity contribution in [3.8, 4) is 11.1 Å². The zero-order valence-corrected chi connectivity index (χ0v) is 25.6. The molecule has 0 atom stereocenters. The van der Waals surface area contributed by atoms with E-state index < -0.39 is 0 Å². The molecule has 2 nitrogen and oxygen atoms in total. The predicted molar refractivity (Wildman–Crippen MR) is 191 cm³/mol. The Labute approximate surface area is 265 Å². The number of rotatable bonds is 5. The second kappa shape index (κ2) is 10.8. The topological polar surface area (TPSA) is 6.48 Å². The summed E-state index contributed by atoms with van der Waals surface area (Å²) in [5.74, 6) is 0. The molecular formula is C43H34N2. The van der Waals surface area contributed by atoms with Crippen molar-refractivity contribution >= 4 is 44.9 Å². The van der Waals surface area contributed by atoms with Crippen LogP contribution < -0.4 is 9.80 Å². The summed E-state index contributed by atoms with van der Waals surface area (Å²) in [6, 6.07) is 61.3. The fourth-order valence-corrected chi connectivity index (χ4v) is 7.04. The molecule has 0 fully saturated rings. The Morgan fingerprint density at radius 1 is 0.467 bits per heavy atom. The van der Waals surface area contributed by atoms with Crippen LogP contribution in [0, 0.1) is 0 Å². The van der Waals surface area contributed by atoms with Crippen molar-refractivity contribution in [2.75, 3.05) is 9.80 Å². The van der Waals surface area contributed by atoms with Crippen molar-refractivity contribution in [2.45, 2.75) is 19.3 Å². The summed E-state index contributed by atoms with van der Waals surface area (Å²) in [6.45, 7) is 4.71. The second-order valence-electron chi connectivity index (χ2n) is 12.2. The Bertz CT molecular complexity index is 2090. The van der Waals surface area contributed by atoms with E-state index in [2.05, 4.69) is 194 Å². The zero-order valence-electron chi connectivity index (χ0n) is 25.6. The number of anilines is 6. The number of hydrogen-bond donors (Lipinski definition) is 0. The molecule has 8 rings (SSSR count). The number of benzene rings is 7. The van der Waals surface area contributed by atoms with E-state index in [9.17, 15) is 0 Å². The molecule has 7 aromatic rings. The molecule has 0 saturated heterocycles. The highest BCUT2D eigenvalue weighted by Gasteiger charge is 2.37. The lowest BCUT2D eigenvalue weighted by Crippen LogP contribution is -2.30. The monoisotopic (exact) mass is 578 g/mol. The average molecular weight is 579 g/mol. The van der Waals surface area contributed by atoms with E-state index in [1.54, 1.807) is 0 Å². The summed E-state index contributed by atoms with van der Waals surface area (Å²) < 4.78 is 0. The minimum absolute atomic E-state index is 0.166. The van der Waals surface area contributed by atoms with Crippen LogP contribution in [0.25, 0.3) is 21.9 Å². The lowest BCUT2D eigenvalue weighted by Gasteiger charge is -2.42. The number of nitrogens with zero attached hydrogens (tertiary/aromatic N) is 2.